The number of hydrogen-bond acceptors (Lipinski definition) is 2. The van der Waals surface area contributed by atoms with E-state index in [0.29, 0.717) is 0 Å². The van der Waals surface area contributed by atoms with Crippen LogP contribution >= 0.6 is 22.7 Å². The van der Waals surface area contributed by atoms with Gasteiger partial charge in [-0.25, -0.2) is 0 Å². The first-order valence-electron chi connectivity index (χ1n) is 3.21. The number of thiophene rings is 2. The Hall–Kier alpha value is -0.340. The largest absolute Gasteiger partial charge is 0.150 e. The van der Waals surface area contributed by atoms with Crippen LogP contribution in [0.1, 0.15) is 10.4 Å². The Morgan fingerprint density at radius 1 is 1.20 bits per heavy atom. The van der Waals surface area contributed by atoms with Crippen LogP contribution in [0.3, 0.4) is 0 Å². The molecule has 0 aliphatic rings. The van der Waals surface area contributed by atoms with Crippen molar-refractivity contribution in [3.05, 3.63) is 21.2 Å². The minimum Gasteiger partial charge on any atom is -0.150 e. The van der Waals surface area contributed by atoms with E-state index >= 15 is 0 Å². The van der Waals surface area contributed by atoms with Crippen molar-refractivity contribution in [1.82, 2.24) is 0 Å². The van der Waals surface area contributed by atoms with E-state index in [1.165, 1.54) is 20.5 Å². The fourth-order valence-corrected chi connectivity index (χ4v) is 3.18. The van der Waals surface area contributed by atoms with Crippen molar-refractivity contribution in [3.63, 3.8) is 0 Å². The van der Waals surface area contributed by atoms with Crippen molar-refractivity contribution in [2.45, 2.75) is 13.8 Å². The normalized spacial score (nSPS) is 11.0. The summed E-state index contributed by atoms with van der Waals surface area (Å²) in [5, 5.41) is 5.90. The van der Waals surface area contributed by atoms with Crippen LogP contribution in [0.2, 0.25) is 0 Å². The lowest BCUT2D eigenvalue weighted by molar-refractivity contribution is 1.48. The van der Waals surface area contributed by atoms with Gasteiger partial charge >= 0.3 is 0 Å². The van der Waals surface area contributed by atoms with Crippen LogP contribution in [0.4, 0.5) is 0 Å². The molecule has 10 heavy (non-hydrogen) atoms. The highest BCUT2D eigenvalue weighted by Gasteiger charge is 2.03. The fraction of sp³-hybridized carbons (Fsp3) is 0.250. The summed E-state index contributed by atoms with van der Waals surface area (Å²) in [4.78, 5) is 1.46. The van der Waals surface area contributed by atoms with E-state index in [1.54, 1.807) is 11.3 Å². The van der Waals surface area contributed by atoms with Crippen molar-refractivity contribution in [2.75, 3.05) is 0 Å². The third-order valence-corrected chi connectivity index (χ3v) is 3.88. The van der Waals surface area contributed by atoms with E-state index in [9.17, 15) is 0 Å². The van der Waals surface area contributed by atoms with Gasteiger partial charge in [0.1, 0.15) is 0 Å². The number of aryl methyl sites for hydroxylation is 2. The van der Waals surface area contributed by atoms with Crippen LogP contribution < -0.4 is 0 Å². The maximum atomic E-state index is 2.23. The average Bonchev–Trinajstić information content (AvgIpc) is 2.41. The summed E-state index contributed by atoms with van der Waals surface area (Å²) in [5.74, 6) is 0. The molecule has 2 heteroatoms. The highest BCUT2D eigenvalue weighted by atomic mass is 32.1. The molecule has 0 radical (unpaired) electrons. The molecule has 0 spiro atoms. The van der Waals surface area contributed by atoms with Gasteiger partial charge in [-0.1, -0.05) is 0 Å². The summed E-state index contributed by atoms with van der Waals surface area (Å²) in [6.07, 6.45) is 0. The second-order valence-electron chi connectivity index (χ2n) is 2.43. The highest BCUT2D eigenvalue weighted by Crippen LogP contribution is 2.32. The molecule has 0 fully saturated rings. The molecule has 2 aromatic heterocycles. The average molecular weight is 168 g/mol. The zero-order valence-electron chi connectivity index (χ0n) is 5.97. The molecule has 0 atom stereocenters. The molecule has 2 rings (SSSR count). The van der Waals surface area contributed by atoms with E-state index < -0.39 is 0 Å². The fourth-order valence-electron chi connectivity index (χ4n) is 1.07. The van der Waals surface area contributed by atoms with E-state index in [-0.39, 0.29) is 0 Å². The highest BCUT2D eigenvalue weighted by molar-refractivity contribution is 7.22. The molecule has 0 N–H and O–H groups in total. The van der Waals surface area contributed by atoms with Gasteiger partial charge in [-0.05, 0) is 24.8 Å². The van der Waals surface area contributed by atoms with Gasteiger partial charge in [-0.15, -0.1) is 11.3 Å². The predicted octanol–water partition coefficient (Wildman–Crippen LogP) is 3.58. The quantitative estimate of drug-likeness (QED) is 0.564. The molecule has 0 amide bonds. The summed E-state index contributed by atoms with van der Waals surface area (Å²) in [5.41, 5.74) is 1.46. The Balaban J connectivity index is 2.95. The molecule has 0 aliphatic heterocycles. The lowest BCUT2D eigenvalue weighted by atomic mass is 10.2. The van der Waals surface area contributed by atoms with Gasteiger partial charge in [-0.2, -0.15) is 11.3 Å². The van der Waals surface area contributed by atoms with Gasteiger partial charge in [0, 0.05) is 20.3 Å². The molecule has 0 aromatic carbocycles. The summed E-state index contributed by atoms with van der Waals surface area (Å²) in [7, 11) is 0. The molecule has 0 unspecified atom stereocenters. The van der Waals surface area contributed by atoms with Gasteiger partial charge in [-0.3, -0.25) is 0 Å². The van der Waals surface area contributed by atoms with E-state index in [4.69, 9.17) is 0 Å². The predicted molar refractivity (Wildman–Crippen MR) is 49.2 cm³/mol. The first kappa shape index (κ1) is 6.38. The van der Waals surface area contributed by atoms with Crippen LogP contribution in [0.25, 0.3) is 10.1 Å². The first-order valence-corrected chi connectivity index (χ1v) is 4.97. The van der Waals surface area contributed by atoms with Crippen molar-refractivity contribution >= 4 is 32.8 Å². The summed E-state index contributed by atoms with van der Waals surface area (Å²) in [6, 6.07) is 0. The lowest BCUT2D eigenvalue weighted by Gasteiger charge is -1.83. The zero-order chi connectivity index (χ0) is 7.14. The minimum atomic E-state index is 1.44. The van der Waals surface area contributed by atoms with Crippen LogP contribution in [-0.4, -0.2) is 0 Å². The molecule has 2 heterocycles. The third kappa shape index (κ3) is 0.724. The second kappa shape index (κ2) is 2.07. The number of rotatable bonds is 0. The zero-order valence-corrected chi connectivity index (χ0v) is 7.60. The SMILES string of the molecule is Cc1sc2cscc2c1C. The molecule has 0 saturated carbocycles. The number of fused-ring (bicyclic) bond motifs is 1. The van der Waals surface area contributed by atoms with Crippen LogP contribution in [0.15, 0.2) is 10.8 Å². The smallest absolute Gasteiger partial charge is 0.0455 e. The number of hydrogen-bond donors (Lipinski definition) is 0. The first-order chi connectivity index (χ1) is 4.79. The van der Waals surface area contributed by atoms with Crippen molar-refractivity contribution in [3.8, 4) is 0 Å². The van der Waals surface area contributed by atoms with Gasteiger partial charge < -0.3 is 0 Å². The lowest BCUT2D eigenvalue weighted by Crippen LogP contribution is -1.65. The monoisotopic (exact) mass is 168 g/mol. The molecule has 0 aliphatic carbocycles. The Morgan fingerprint density at radius 3 is 2.70 bits per heavy atom. The van der Waals surface area contributed by atoms with Gasteiger partial charge in [0.15, 0.2) is 0 Å². The van der Waals surface area contributed by atoms with Gasteiger partial charge in [0.05, 0.1) is 0 Å². The summed E-state index contributed by atoms with van der Waals surface area (Å²) < 4.78 is 1.44. The van der Waals surface area contributed by atoms with Crippen LogP contribution in [0, 0.1) is 13.8 Å². The molecule has 0 nitrogen and oxygen atoms in total. The van der Waals surface area contributed by atoms with Crippen molar-refractivity contribution in [1.29, 1.82) is 0 Å². The molecule has 52 valence electrons. The Morgan fingerprint density at radius 2 is 2.00 bits per heavy atom. The topological polar surface area (TPSA) is 0 Å². The van der Waals surface area contributed by atoms with E-state index in [1.807, 2.05) is 11.3 Å². The maximum Gasteiger partial charge on any atom is 0.0455 e. The molecular formula is C8H8S2. The van der Waals surface area contributed by atoms with E-state index in [0.717, 1.165) is 0 Å². The van der Waals surface area contributed by atoms with Gasteiger partial charge in [0.25, 0.3) is 0 Å². The summed E-state index contributed by atoms with van der Waals surface area (Å²) in [6.45, 7) is 4.38. The van der Waals surface area contributed by atoms with Gasteiger partial charge in [0.2, 0.25) is 0 Å². The molecular weight excluding hydrogens is 160 g/mol. The molecule has 0 saturated heterocycles. The van der Waals surface area contributed by atoms with Crippen molar-refractivity contribution < 1.29 is 0 Å². The second-order valence-corrected chi connectivity index (χ2v) is 4.43. The Kier molecular flexibility index (Phi) is 1.32. The Labute approximate surface area is 68.1 Å². The van der Waals surface area contributed by atoms with E-state index in [2.05, 4.69) is 24.6 Å². The minimum absolute atomic E-state index is 1.44. The van der Waals surface area contributed by atoms with Crippen LogP contribution in [0.5, 0.6) is 0 Å². The van der Waals surface area contributed by atoms with Crippen molar-refractivity contribution in [2.24, 2.45) is 0 Å². The standard InChI is InChI=1S/C8H8S2/c1-5-6(2)10-8-4-9-3-7(5)8/h3-4H,1-2H3. The molecule has 2 aromatic rings. The molecule has 0 bridgehead atoms. The van der Waals surface area contributed by atoms with Crippen LogP contribution in [-0.2, 0) is 0 Å². The maximum absolute atomic E-state index is 2.23. The summed E-state index contributed by atoms with van der Waals surface area (Å²) >= 11 is 3.69. The third-order valence-electron chi connectivity index (χ3n) is 1.82. The Bertz CT molecular complexity index is 354.